The summed E-state index contributed by atoms with van der Waals surface area (Å²) in [5, 5.41) is 0. The number of aldehydes is 1. The zero-order valence-corrected chi connectivity index (χ0v) is 10.4. The quantitative estimate of drug-likeness (QED) is 0.766. The minimum Gasteiger partial charge on any atom is -0.342 e. The lowest BCUT2D eigenvalue weighted by molar-refractivity contribution is 0.112. The van der Waals surface area contributed by atoms with Crippen molar-refractivity contribution >= 4 is 17.7 Å². The lowest BCUT2D eigenvalue weighted by Crippen LogP contribution is -2.13. The molecule has 0 aromatic heterocycles. The van der Waals surface area contributed by atoms with Gasteiger partial charge >= 0.3 is 0 Å². The van der Waals surface area contributed by atoms with Crippen molar-refractivity contribution in [3.8, 4) is 0 Å². The number of benzene rings is 2. The van der Waals surface area contributed by atoms with Gasteiger partial charge in [0.15, 0.2) is 6.29 Å². The smallest absolute Gasteiger partial charge is 0.152 e. The van der Waals surface area contributed by atoms with Gasteiger partial charge in [-0.2, -0.15) is 0 Å². The Morgan fingerprint density at radius 2 is 1.89 bits per heavy atom. The Labute approximate surface area is 106 Å². The van der Waals surface area contributed by atoms with Crippen LogP contribution in [0.25, 0.3) is 0 Å². The third kappa shape index (κ3) is 2.25. The maximum atomic E-state index is 13.9. The molecule has 0 fully saturated rings. The standard InChI is InChI=1S/C15H14FNO/c1-11-5-3-7-13(9-11)17(2)15-12(10-18)6-4-8-14(15)16/h3-10H,1-2H3. The van der Waals surface area contributed by atoms with Crippen molar-refractivity contribution in [1.29, 1.82) is 0 Å². The number of para-hydroxylation sites is 1. The van der Waals surface area contributed by atoms with E-state index in [1.165, 1.54) is 12.1 Å². The van der Waals surface area contributed by atoms with E-state index >= 15 is 0 Å². The van der Waals surface area contributed by atoms with Crippen LogP contribution in [0.5, 0.6) is 0 Å². The molecule has 2 rings (SSSR count). The van der Waals surface area contributed by atoms with Gasteiger partial charge in [-0.1, -0.05) is 18.2 Å². The Morgan fingerprint density at radius 1 is 1.17 bits per heavy atom. The number of rotatable bonds is 3. The van der Waals surface area contributed by atoms with E-state index in [2.05, 4.69) is 0 Å². The summed E-state index contributed by atoms with van der Waals surface area (Å²) in [6.07, 6.45) is 0.671. The SMILES string of the molecule is Cc1cccc(N(C)c2c(F)cccc2C=O)c1. The van der Waals surface area contributed by atoms with Gasteiger partial charge in [-0.15, -0.1) is 0 Å². The van der Waals surface area contributed by atoms with Crippen molar-refractivity contribution < 1.29 is 9.18 Å². The molecule has 2 aromatic carbocycles. The topological polar surface area (TPSA) is 20.3 Å². The van der Waals surface area contributed by atoms with Gasteiger partial charge in [0.1, 0.15) is 5.82 Å². The van der Waals surface area contributed by atoms with Crippen LogP contribution < -0.4 is 4.90 Å². The van der Waals surface area contributed by atoms with Crippen molar-refractivity contribution in [3.63, 3.8) is 0 Å². The Kier molecular flexibility index (Phi) is 3.42. The second kappa shape index (κ2) is 5.00. The summed E-state index contributed by atoms with van der Waals surface area (Å²) in [4.78, 5) is 12.7. The highest BCUT2D eigenvalue weighted by atomic mass is 19.1. The van der Waals surface area contributed by atoms with Gasteiger partial charge in [-0.05, 0) is 36.8 Å². The maximum absolute atomic E-state index is 13.9. The summed E-state index contributed by atoms with van der Waals surface area (Å²) in [6.45, 7) is 1.97. The highest BCUT2D eigenvalue weighted by Gasteiger charge is 2.13. The molecule has 18 heavy (non-hydrogen) atoms. The molecule has 0 radical (unpaired) electrons. The van der Waals surface area contributed by atoms with Crippen molar-refractivity contribution in [1.82, 2.24) is 0 Å². The van der Waals surface area contributed by atoms with Gasteiger partial charge < -0.3 is 4.90 Å². The highest BCUT2D eigenvalue weighted by Crippen LogP contribution is 2.29. The third-order valence-corrected chi connectivity index (χ3v) is 2.87. The fourth-order valence-electron chi connectivity index (χ4n) is 1.95. The summed E-state index contributed by atoms with van der Waals surface area (Å²) < 4.78 is 13.9. The first-order valence-electron chi connectivity index (χ1n) is 5.67. The number of carbonyl (C=O) groups is 1. The molecule has 0 atom stereocenters. The van der Waals surface area contributed by atoms with Gasteiger partial charge in [-0.3, -0.25) is 4.79 Å². The molecule has 2 aromatic rings. The number of anilines is 2. The maximum Gasteiger partial charge on any atom is 0.152 e. The molecule has 0 spiro atoms. The minimum absolute atomic E-state index is 0.304. The molecular formula is C15H14FNO. The molecule has 0 bridgehead atoms. The van der Waals surface area contributed by atoms with Gasteiger partial charge in [0.25, 0.3) is 0 Å². The highest BCUT2D eigenvalue weighted by molar-refractivity contribution is 5.86. The largest absolute Gasteiger partial charge is 0.342 e. The van der Waals surface area contributed by atoms with Crippen LogP contribution in [0.3, 0.4) is 0 Å². The molecule has 0 unspecified atom stereocenters. The van der Waals surface area contributed by atoms with Crippen LogP contribution in [0, 0.1) is 12.7 Å². The third-order valence-electron chi connectivity index (χ3n) is 2.87. The molecular weight excluding hydrogens is 229 g/mol. The average Bonchev–Trinajstić information content (AvgIpc) is 2.37. The van der Waals surface area contributed by atoms with E-state index in [0.29, 0.717) is 17.5 Å². The molecule has 0 aliphatic heterocycles. The second-order valence-electron chi connectivity index (χ2n) is 4.19. The van der Waals surface area contributed by atoms with Crippen LogP contribution >= 0.6 is 0 Å². The van der Waals surface area contributed by atoms with E-state index in [-0.39, 0.29) is 0 Å². The first-order chi connectivity index (χ1) is 8.63. The van der Waals surface area contributed by atoms with Crippen LogP contribution in [0.1, 0.15) is 15.9 Å². The summed E-state index contributed by atoms with van der Waals surface area (Å²) in [6, 6.07) is 12.2. The summed E-state index contributed by atoms with van der Waals surface area (Å²) in [5.41, 5.74) is 2.59. The first-order valence-corrected chi connectivity index (χ1v) is 5.67. The fourth-order valence-corrected chi connectivity index (χ4v) is 1.95. The molecule has 0 saturated carbocycles. The zero-order chi connectivity index (χ0) is 13.1. The van der Waals surface area contributed by atoms with Crippen LogP contribution in [-0.2, 0) is 0 Å². The minimum atomic E-state index is -0.399. The molecule has 0 saturated heterocycles. The monoisotopic (exact) mass is 243 g/mol. The van der Waals surface area contributed by atoms with Crippen molar-refractivity contribution in [2.75, 3.05) is 11.9 Å². The van der Waals surface area contributed by atoms with Crippen molar-refractivity contribution in [2.24, 2.45) is 0 Å². The normalized spacial score (nSPS) is 10.2. The zero-order valence-electron chi connectivity index (χ0n) is 10.4. The number of hydrogen-bond acceptors (Lipinski definition) is 2. The molecule has 92 valence electrons. The number of nitrogens with zero attached hydrogens (tertiary/aromatic N) is 1. The van der Waals surface area contributed by atoms with E-state index in [0.717, 1.165) is 11.3 Å². The van der Waals surface area contributed by atoms with E-state index in [4.69, 9.17) is 0 Å². The molecule has 2 nitrogen and oxygen atoms in total. The fraction of sp³-hybridized carbons (Fsp3) is 0.133. The summed E-state index contributed by atoms with van der Waals surface area (Å²) >= 11 is 0. The van der Waals surface area contributed by atoms with E-state index < -0.39 is 5.82 Å². The predicted molar refractivity (Wildman–Crippen MR) is 71.0 cm³/mol. The number of halogens is 1. The molecule has 0 heterocycles. The average molecular weight is 243 g/mol. The van der Waals surface area contributed by atoms with Crippen LogP contribution in [-0.4, -0.2) is 13.3 Å². The Bertz CT molecular complexity index is 580. The second-order valence-corrected chi connectivity index (χ2v) is 4.19. The van der Waals surface area contributed by atoms with Crippen LogP contribution in [0.4, 0.5) is 15.8 Å². The summed E-state index contributed by atoms with van der Waals surface area (Å²) in [7, 11) is 1.75. The lowest BCUT2D eigenvalue weighted by atomic mass is 10.1. The molecule has 0 aliphatic carbocycles. The van der Waals surface area contributed by atoms with Gasteiger partial charge in [0, 0.05) is 18.3 Å². The van der Waals surface area contributed by atoms with E-state index in [1.807, 2.05) is 31.2 Å². The molecule has 3 heteroatoms. The number of carbonyl (C=O) groups excluding carboxylic acids is 1. The molecule has 0 N–H and O–H groups in total. The predicted octanol–water partition coefficient (Wildman–Crippen LogP) is 3.71. The summed E-state index contributed by atoms with van der Waals surface area (Å²) in [5.74, 6) is -0.399. The lowest BCUT2D eigenvalue weighted by Gasteiger charge is -2.22. The van der Waals surface area contributed by atoms with Crippen LogP contribution in [0.2, 0.25) is 0 Å². The van der Waals surface area contributed by atoms with E-state index in [9.17, 15) is 9.18 Å². The van der Waals surface area contributed by atoms with Crippen molar-refractivity contribution in [2.45, 2.75) is 6.92 Å². The Balaban J connectivity index is 2.52. The Hall–Kier alpha value is -2.16. The van der Waals surface area contributed by atoms with Gasteiger partial charge in [0.2, 0.25) is 0 Å². The molecule has 0 amide bonds. The van der Waals surface area contributed by atoms with Gasteiger partial charge in [0.05, 0.1) is 5.69 Å². The van der Waals surface area contributed by atoms with Crippen LogP contribution in [0.15, 0.2) is 42.5 Å². The number of aryl methyl sites for hydroxylation is 1. The van der Waals surface area contributed by atoms with Gasteiger partial charge in [-0.25, -0.2) is 4.39 Å². The first kappa shape index (κ1) is 12.3. The number of hydrogen-bond donors (Lipinski definition) is 0. The Morgan fingerprint density at radius 3 is 2.56 bits per heavy atom. The van der Waals surface area contributed by atoms with E-state index in [1.54, 1.807) is 18.0 Å². The molecule has 0 aliphatic rings. The van der Waals surface area contributed by atoms with Crippen molar-refractivity contribution in [3.05, 3.63) is 59.4 Å².